The first-order valence-corrected chi connectivity index (χ1v) is 12.2. The topological polar surface area (TPSA) is 76.7 Å². The fourth-order valence-corrected chi connectivity index (χ4v) is 3.97. The summed E-state index contributed by atoms with van der Waals surface area (Å²) in [6.45, 7) is 4.84. The molecule has 3 aliphatic rings. The first-order chi connectivity index (χ1) is 16.3. The summed E-state index contributed by atoms with van der Waals surface area (Å²) >= 11 is 5.82. The van der Waals surface area contributed by atoms with Crippen LogP contribution in [0.2, 0.25) is 5.02 Å². The summed E-state index contributed by atoms with van der Waals surface area (Å²) in [5, 5.41) is 5.97. The van der Waals surface area contributed by atoms with E-state index in [9.17, 15) is 22.8 Å². The number of hydrogen-bond donors (Lipinski definition) is 2. The zero-order valence-corrected chi connectivity index (χ0v) is 20.6. The van der Waals surface area contributed by atoms with E-state index in [4.69, 9.17) is 16.3 Å². The van der Waals surface area contributed by atoms with Gasteiger partial charge >= 0.3 is 6.36 Å². The molecule has 6 nitrogen and oxygen atoms in total. The minimum absolute atomic E-state index is 0.158. The predicted octanol–water partition coefficient (Wildman–Crippen LogP) is 5.56. The highest BCUT2D eigenvalue weighted by Crippen LogP contribution is 2.30. The van der Waals surface area contributed by atoms with Crippen LogP contribution >= 0.6 is 11.6 Å². The van der Waals surface area contributed by atoms with Gasteiger partial charge in [0.2, 0.25) is 12.8 Å². The van der Waals surface area contributed by atoms with Crippen molar-refractivity contribution < 1.29 is 32.2 Å². The number of rotatable bonds is 5. The van der Waals surface area contributed by atoms with E-state index in [-0.39, 0.29) is 18.9 Å². The van der Waals surface area contributed by atoms with E-state index in [0.717, 1.165) is 36.6 Å². The third-order valence-corrected chi connectivity index (χ3v) is 5.71. The number of amides is 2. The lowest BCUT2D eigenvalue weighted by Gasteiger charge is -2.34. The summed E-state index contributed by atoms with van der Waals surface area (Å²) in [5.41, 5.74) is 1.24. The second kappa shape index (κ2) is 16.6. The van der Waals surface area contributed by atoms with Crippen molar-refractivity contribution in [2.45, 2.75) is 96.2 Å². The molecule has 1 aromatic rings. The Morgan fingerprint density at radius 1 is 1.00 bits per heavy atom. The molecule has 0 bridgehead atoms. The molecule has 2 amide bonds. The second-order valence-corrected chi connectivity index (χ2v) is 8.40. The van der Waals surface area contributed by atoms with E-state index in [0.29, 0.717) is 12.5 Å². The van der Waals surface area contributed by atoms with Crippen LogP contribution in [0.15, 0.2) is 18.2 Å². The lowest BCUT2D eigenvalue weighted by Crippen LogP contribution is -2.46. The molecule has 0 unspecified atom stereocenters. The van der Waals surface area contributed by atoms with E-state index >= 15 is 0 Å². The largest absolute Gasteiger partial charge is 0.522 e. The molecule has 2 aliphatic carbocycles. The Morgan fingerprint density at radius 3 is 2.21 bits per heavy atom. The van der Waals surface area contributed by atoms with Gasteiger partial charge in [0.05, 0.1) is 12.7 Å². The average molecular weight is 509 g/mol. The molecule has 10 heteroatoms. The van der Waals surface area contributed by atoms with Crippen molar-refractivity contribution in [2.24, 2.45) is 0 Å². The molecule has 1 heterocycles. The van der Waals surface area contributed by atoms with Gasteiger partial charge in [-0.15, -0.1) is 13.2 Å². The summed E-state index contributed by atoms with van der Waals surface area (Å²) in [6.07, 6.45) is 4.88. The summed E-state index contributed by atoms with van der Waals surface area (Å²) in [5.74, 6) is 1.00. The lowest BCUT2D eigenvalue weighted by atomic mass is 9.89. The smallest absolute Gasteiger partial charge is 0.493 e. The SMILES string of the molecule is CC.Clc1ccc2c(c1)CCCO2.O=CNC1CC(OC(F)(F)F)C1.O=CNC1CCCCC1. The number of hydrogen-bond acceptors (Lipinski definition) is 4. The normalized spacial score (nSPS) is 21.1. The third-order valence-electron chi connectivity index (χ3n) is 5.48. The maximum absolute atomic E-state index is 11.5. The number of halogens is 4. The Kier molecular flexibility index (Phi) is 14.7. The molecule has 0 radical (unpaired) electrons. The van der Waals surface area contributed by atoms with Crippen LogP contribution in [0.1, 0.15) is 70.8 Å². The number of benzene rings is 1. The van der Waals surface area contributed by atoms with Gasteiger partial charge in [0.25, 0.3) is 0 Å². The van der Waals surface area contributed by atoms with Crippen LogP contribution < -0.4 is 15.4 Å². The molecule has 1 aliphatic heterocycles. The number of carbonyl (C=O) groups excluding carboxylic acids is 2. The van der Waals surface area contributed by atoms with Crippen molar-refractivity contribution in [3.63, 3.8) is 0 Å². The van der Waals surface area contributed by atoms with Gasteiger partial charge in [-0.05, 0) is 62.3 Å². The van der Waals surface area contributed by atoms with Gasteiger partial charge in [-0.1, -0.05) is 44.7 Å². The molecule has 34 heavy (non-hydrogen) atoms. The fraction of sp³-hybridized carbons (Fsp3) is 0.667. The van der Waals surface area contributed by atoms with Crippen molar-refractivity contribution in [1.29, 1.82) is 0 Å². The molecule has 2 fully saturated rings. The number of nitrogens with one attached hydrogen (secondary N) is 2. The number of ether oxygens (including phenoxy) is 2. The zero-order chi connectivity index (χ0) is 25.4. The van der Waals surface area contributed by atoms with Crippen molar-refractivity contribution in [2.75, 3.05) is 6.61 Å². The van der Waals surface area contributed by atoms with Gasteiger partial charge < -0.3 is 15.4 Å². The van der Waals surface area contributed by atoms with Crippen LogP contribution in [0.3, 0.4) is 0 Å². The van der Waals surface area contributed by atoms with E-state index < -0.39 is 12.5 Å². The Balaban J connectivity index is 0.000000248. The molecule has 194 valence electrons. The lowest BCUT2D eigenvalue weighted by molar-refractivity contribution is -0.351. The maximum Gasteiger partial charge on any atom is 0.522 e. The molecule has 0 aromatic heterocycles. The summed E-state index contributed by atoms with van der Waals surface area (Å²) < 4.78 is 43.7. The quantitative estimate of drug-likeness (QED) is 0.511. The fourth-order valence-electron chi connectivity index (χ4n) is 3.78. The average Bonchev–Trinajstić information content (AvgIpc) is 2.80. The second-order valence-electron chi connectivity index (χ2n) is 7.96. The molecule has 2 N–H and O–H groups in total. The van der Waals surface area contributed by atoms with Crippen LogP contribution in [0.25, 0.3) is 0 Å². The van der Waals surface area contributed by atoms with Crippen LogP contribution in [0, 0.1) is 0 Å². The number of alkyl halides is 3. The molecular weight excluding hydrogens is 473 g/mol. The van der Waals surface area contributed by atoms with Gasteiger partial charge in [-0.2, -0.15) is 0 Å². The Hall–Kier alpha value is -2.00. The van der Waals surface area contributed by atoms with Gasteiger partial charge in [0, 0.05) is 17.1 Å². The molecule has 0 spiro atoms. The van der Waals surface area contributed by atoms with Crippen molar-refractivity contribution in [3.05, 3.63) is 28.8 Å². The van der Waals surface area contributed by atoms with E-state index in [1.54, 1.807) is 0 Å². The molecule has 4 rings (SSSR count). The van der Waals surface area contributed by atoms with Crippen LogP contribution in [-0.2, 0) is 20.7 Å². The molecule has 1 aromatic carbocycles. The van der Waals surface area contributed by atoms with Crippen LogP contribution in [0.4, 0.5) is 13.2 Å². The summed E-state index contributed by atoms with van der Waals surface area (Å²) in [7, 11) is 0. The minimum atomic E-state index is -4.56. The van der Waals surface area contributed by atoms with Gasteiger partial charge in [-0.3, -0.25) is 14.3 Å². The maximum atomic E-state index is 11.5. The van der Waals surface area contributed by atoms with Crippen LogP contribution in [0.5, 0.6) is 5.75 Å². The molecular formula is C24H36ClF3N2O4. The highest BCUT2D eigenvalue weighted by molar-refractivity contribution is 6.30. The minimum Gasteiger partial charge on any atom is -0.493 e. The van der Waals surface area contributed by atoms with Crippen molar-refractivity contribution >= 4 is 24.4 Å². The number of fused-ring (bicyclic) bond motifs is 1. The molecule has 0 atom stereocenters. The van der Waals surface area contributed by atoms with Crippen molar-refractivity contribution in [3.8, 4) is 5.75 Å². The van der Waals surface area contributed by atoms with E-state index in [1.165, 1.54) is 37.7 Å². The molecule has 2 saturated carbocycles. The highest BCUT2D eigenvalue weighted by atomic mass is 35.5. The Morgan fingerprint density at radius 2 is 1.62 bits per heavy atom. The van der Waals surface area contributed by atoms with E-state index in [2.05, 4.69) is 15.4 Å². The predicted molar refractivity (Wildman–Crippen MR) is 126 cm³/mol. The van der Waals surface area contributed by atoms with Crippen LogP contribution in [-0.4, -0.2) is 44.0 Å². The zero-order valence-electron chi connectivity index (χ0n) is 19.8. The summed E-state index contributed by atoms with van der Waals surface area (Å²) in [6, 6.07) is 6.12. The number of aryl methyl sites for hydroxylation is 1. The van der Waals surface area contributed by atoms with Gasteiger partial charge in [0.15, 0.2) is 0 Å². The first kappa shape index (κ1) is 30.0. The number of carbonyl (C=O) groups is 2. The molecule has 0 saturated heterocycles. The Bertz CT molecular complexity index is 710. The van der Waals surface area contributed by atoms with Gasteiger partial charge in [-0.25, -0.2) is 0 Å². The third kappa shape index (κ3) is 12.5. The highest BCUT2D eigenvalue weighted by Gasteiger charge is 2.39. The monoisotopic (exact) mass is 508 g/mol. The van der Waals surface area contributed by atoms with Gasteiger partial charge in [0.1, 0.15) is 5.75 Å². The van der Waals surface area contributed by atoms with E-state index in [1.807, 2.05) is 32.0 Å². The Labute approximate surface area is 204 Å². The first-order valence-electron chi connectivity index (χ1n) is 11.9. The standard InChI is InChI=1S/C9H9ClO.C7H13NO.C6H8F3NO2.C2H6/c10-8-3-4-9-7(6-8)2-1-5-11-9;9-6-8-7-4-2-1-3-5-7;7-6(8,9)12-5-1-4(2-5)10-3-11;1-2/h3-4,6H,1-2,5H2;6-7H,1-5H2,(H,8,9);3-5H,1-2H2,(H,10,11);1-2H3. The van der Waals surface area contributed by atoms with Crippen molar-refractivity contribution in [1.82, 2.24) is 10.6 Å². The summed E-state index contributed by atoms with van der Waals surface area (Å²) in [4.78, 5) is 19.8.